The summed E-state index contributed by atoms with van der Waals surface area (Å²) in [6, 6.07) is -8.45. The van der Waals surface area contributed by atoms with Crippen molar-refractivity contribution >= 4 is 86.2 Å². The zero-order valence-corrected chi connectivity index (χ0v) is 58.5. The molecule has 6 fully saturated rings. The Morgan fingerprint density at radius 3 is 1.14 bits per heavy atom. The standard InChI is InChI=1S/3C24H31FN6O4S/c3*1-3-8-36-24-27-22(26-16-10-14(16)13-5-4-12(2)15(25)9-13)19-23(28-24)31(30-29-19)17-11-18(35-7-6-32)21(34)20(17)33/h3*4-5,9,14,16-18,20-21,32-34H,3,6-8,10-11H2,1-2H3,(H,26,27,28)/t3*14-,16+,17+,18-,20-,21+/m000/s1/i2*3D2,6D2,7D2,8D2,10D2,11D2,14D,16D,17D,18D,20D,21D;6D2,7D2,8D2,11D2,16D,17D,18D,20D,21D. The van der Waals surface area contributed by atoms with Gasteiger partial charge in [-0.15, -0.1) is 15.3 Å². The normalized spacial score (nSPS) is 49.6. The molecule has 0 amide bonds. The second kappa shape index (κ2) is 35.1. The van der Waals surface area contributed by atoms with Gasteiger partial charge < -0.3 is 76.1 Å². The Balaban J connectivity index is 0.000000195. The number of hydrogen-bond donors (Lipinski definition) is 12. The number of aryl methyl sites for hydroxylation is 3. The molecule has 3 aromatic carbocycles. The van der Waals surface area contributed by atoms with E-state index in [1.807, 2.05) is 0 Å². The van der Waals surface area contributed by atoms with Gasteiger partial charge in [-0.1, -0.05) is 108 Å². The Hall–Kier alpha value is -7.14. The van der Waals surface area contributed by atoms with Crippen molar-refractivity contribution in [1.29, 1.82) is 0 Å². The molecule has 18 atom stereocenters. The molecular weight excluding hydrogens is 1460 g/mol. The quantitative estimate of drug-likeness (QED) is 0.0168. The van der Waals surface area contributed by atoms with E-state index in [9.17, 15) is 59.1 Å². The molecular formula is C72H93F3N18O12S3. The minimum Gasteiger partial charge on any atom is -0.394 e. The number of hydrogen-bond acceptors (Lipinski definition) is 30. The first-order valence-corrected chi connectivity index (χ1v) is 33.5. The minimum absolute atomic E-state index is 0.0643. The fourth-order valence-electron chi connectivity index (χ4n) is 9.94. The van der Waals surface area contributed by atoms with Crippen LogP contribution in [0.25, 0.3) is 33.5 Å². The van der Waals surface area contributed by atoms with Crippen LogP contribution in [0.2, 0.25) is 0 Å². The maximum Gasteiger partial charge on any atom is 0.191 e. The number of anilines is 3. The summed E-state index contributed by atoms with van der Waals surface area (Å²) in [5, 5.41) is 123. The van der Waals surface area contributed by atoms with Gasteiger partial charge in [0.1, 0.15) is 53.9 Å². The lowest BCUT2D eigenvalue weighted by atomic mass is 10.1. The Morgan fingerprint density at radius 1 is 0.472 bits per heavy atom. The Labute approximate surface area is 702 Å². The lowest BCUT2D eigenvalue weighted by Gasteiger charge is -2.17. The van der Waals surface area contributed by atoms with Crippen LogP contribution in [0.1, 0.15) is 215 Å². The molecule has 12 N–H and O–H groups in total. The van der Waals surface area contributed by atoms with Gasteiger partial charge in [-0.25, -0.2) is 57.1 Å². The maximum absolute atomic E-state index is 14.6. The maximum atomic E-state index is 14.6. The lowest BCUT2D eigenvalue weighted by molar-refractivity contribution is -0.0629. The Morgan fingerprint density at radius 2 is 0.806 bits per heavy atom. The third-order valence-electron chi connectivity index (χ3n) is 15.4. The van der Waals surface area contributed by atoms with Gasteiger partial charge in [-0.2, -0.15) is 0 Å². The molecule has 6 aromatic heterocycles. The molecule has 108 heavy (non-hydrogen) atoms. The monoisotopic (exact) mass is 1600 g/mol. The number of halogens is 3. The number of ether oxygens (including phenoxy) is 3. The Bertz CT molecular complexity index is 6910. The van der Waals surface area contributed by atoms with Crippen LogP contribution in [-0.4, -0.2) is 250 Å². The van der Waals surface area contributed by atoms with E-state index in [1.54, 1.807) is 13.0 Å². The van der Waals surface area contributed by atoms with Crippen LogP contribution in [0, 0.1) is 38.2 Å². The molecule has 0 saturated heterocycles. The number of rotatable bonds is 30. The average Bonchev–Trinajstić information content (AvgIpc) is 1.48. The molecule has 15 rings (SSSR count). The fourth-order valence-corrected chi connectivity index (χ4v) is 11.4. The van der Waals surface area contributed by atoms with Gasteiger partial charge in [0.25, 0.3) is 0 Å². The van der Waals surface area contributed by atoms with Gasteiger partial charge in [-0.3, -0.25) is 0 Å². The number of aliphatic hydroxyl groups is 9. The van der Waals surface area contributed by atoms with E-state index >= 15 is 0 Å². The highest BCUT2D eigenvalue weighted by molar-refractivity contribution is 7.99. The van der Waals surface area contributed by atoms with Crippen molar-refractivity contribution in [3.63, 3.8) is 0 Å². The fraction of sp³-hybridized carbons (Fsp3) is 0.583. The first kappa shape index (κ1) is 38.4. The first-order valence-electron chi connectivity index (χ1n) is 55.5. The van der Waals surface area contributed by atoms with E-state index in [-0.39, 0.29) is 78.5 Å². The summed E-state index contributed by atoms with van der Waals surface area (Å²) in [6.07, 6.45) is -63.2. The molecule has 0 spiro atoms. The van der Waals surface area contributed by atoms with Crippen molar-refractivity contribution < 1.29 is 141 Å². The summed E-state index contributed by atoms with van der Waals surface area (Å²) in [5.41, 5.74) is -12.4. The minimum atomic E-state index is -4.48. The van der Waals surface area contributed by atoms with Gasteiger partial charge in [0.05, 0.1) is 113 Å². The van der Waals surface area contributed by atoms with Crippen molar-refractivity contribution in [2.75, 3.05) is 72.4 Å². The molecule has 6 aliphatic rings. The number of nitrogens with one attached hydrogen (secondary N) is 3. The first-order chi connectivity index (χ1) is 69.8. The molecule has 6 heterocycles. The van der Waals surface area contributed by atoms with Crippen LogP contribution in [0.15, 0.2) is 70.1 Å². The van der Waals surface area contributed by atoms with Gasteiger partial charge in [0.15, 0.2) is 66.4 Å². The summed E-state index contributed by atoms with van der Waals surface area (Å²) in [4.78, 5) is 24.2. The summed E-state index contributed by atoms with van der Waals surface area (Å²) in [7, 11) is 0. The van der Waals surface area contributed by atoms with Crippen molar-refractivity contribution in [3.05, 3.63) is 105 Å². The number of nitrogens with zero attached hydrogens (tertiary/aromatic N) is 15. The van der Waals surface area contributed by atoms with Crippen LogP contribution in [0.4, 0.5) is 30.6 Å². The largest absolute Gasteiger partial charge is 0.394 e. The number of thioether (sulfide) groups is 3. The highest BCUT2D eigenvalue weighted by atomic mass is 32.2. The van der Waals surface area contributed by atoms with Crippen molar-refractivity contribution in [2.24, 2.45) is 0 Å². The van der Waals surface area contributed by atoms with Crippen LogP contribution >= 0.6 is 35.3 Å². The summed E-state index contributed by atoms with van der Waals surface area (Å²) in [5.74, 6) is -10.0. The molecule has 0 unspecified atom stereocenters. The predicted molar refractivity (Wildman–Crippen MR) is 398 cm³/mol. The van der Waals surface area contributed by atoms with Gasteiger partial charge >= 0.3 is 0 Å². The van der Waals surface area contributed by atoms with Crippen LogP contribution in [0.3, 0.4) is 0 Å². The Kier molecular flexibility index (Phi) is 12.5. The smallest absolute Gasteiger partial charge is 0.191 e. The van der Waals surface area contributed by atoms with Gasteiger partial charge in [0, 0.05) is 102 Å². The molecule has 6 saturated carbocycles. The van der Waals surface area contributed by atoms with Crippen molar-refractivity contribution in [3.8, 4) is 0 Å². The predicted octanol–water partition coefficient (Wildman–Crippen LogP) is 6.55. The molecule has 0 radical (unpaired) electrons. The summed E-state index contributed by atoms with van der Waals surface area (Å²) in [6.45, 7) is -17.1. The number of benzene rings is 3. The SMILES string of the molecule is [2H]C([2H])(C)C([2H])([2H])Sc1nc(N[C@]2([2H])C([2H])([2H])[C@@]2([2H])c2ccc(C)c(F)c2)c2nnn([C@]3([2H])C([2H])([2H])[C@]([2H])(OC([2H])([2H])C([2H])([2H])O)[C@@]([2H])(O)[C@@]3([2H])O)c2n1.[2H]C([2H])(C)C([2H])([2H])Sc1nc(N[C@]2([2H])C([2H])([2H])[C@@]2([2H])c2ccc(C)c(F)c2)c2nnn([C@]3([2H])C([2H])([2H])[C@]([2H])(OC([2H])([2H])C([2H])([2H])O)[C@@]([2H])(O)[C@@]3([2H])O)c2n1.[2H]C([2H])(CC)Sc1nc(N[C@]2([2H])C[C@H]2c2ccc(C)c(F)c2)c2nnn([C@]3([2H])C([2H])([2H])[C@]([2H])(OC([2H])([2H])C([2H])([2H])O)[C@@]([2H])(O)[C@@]3([2H])O)c2n1. The molecule has 9 aromatic rings. The van der Waals surface area contributed by atoms with E-state index in [0.717, 1.165) is 26.0 Å². The van der Waals surface area contributed by atoms with Crippen LogP contribution in [0.5, 0.6) is 0 Å². The second-order valence-corrected chi connectivity index (χ2v) is 24.8. The second-order valence-electron chi connectivity index (χ2n) is 22.4. The molecule has 30 nitrogen and oxygen atoms in total. The van der Waals surface area contributed by atoms with E-state index in [1.165, 1.54) is 57.2 Å². The third-order valence-corrected chi connectivity index (χ3v) is 17.5. The third kappa shape index (κ3) is 17.5. The topological polar surface area (TPSA) is 415 Å². The van der Waals surface area contributed by atoms with E-state index < -0.39 is 288 Å². The van der Waals surface area contributed by atoms with E-state index in [2.05, 4.69) is 91.0 Å². The van der Waals surface area contributed by atoms with E-state index in [4.69, 9.17) is 67.2 Å². The van der Waals surface area contributed by atoms with E-state index in [0.29, 0.717) is 22.9 Å². The van der Waals surface area contributed by atoms with Gasteiger partial charge in [-0.05, 0) is 111 Å². The summed E-state index contributed by atoms with van der Waals surface area (Å²) >= 11 is 0.317. The zero-order valence-electron chi connectivity index (χ0n) is 105. The van der Waals surface area contributed by atoms with Gasteiger partial charge in [0.2, 0.25) is 0 Å². The molecule has 36 heteroatoms. The molecule has 6 aliphatic carbocycles. The average molecular weight is 1610 g/mol. The molecule has 582 valence electrons. The van der Waals surface area contributed by atoms with Crippen molar-refractivity contribution in [1.82, 2.24) is 74.9 Å². The zero-order chi connectivity index (χ0) is 121. The molecule has 0 aliphatic heterocycles. The van der Waals surface area contributed by atoms with Crippen LogP contribution < -0.4 is 16.0 Å². The highest BCUT2D eigenvalue weighted by Gasteiger charge is 2.49. The van der Waals surface area contributed by atoms with Crippen molar-refractivity contribution in [2.45, 2.75) is 223 Å². The number of fused-ring (bicyclic) bond motifs is 3. The molecule has 0 bridgehead atoms. The highest BCUT2D eigenvalue weighted by Crippen LogP contribution is 2.48. The summed E-state index contributed by atoms with van der Waals surface area (Å²) < 4.78 is 463. The number of aromatic nitrogens is 15. The van der Waals surface area contributed by atoms with Crippen LogP contribution in [-0.2, 0) is 14.2 Å². The lowest BCUT2D eigenvalue weighted by Crippen LogP contribution is -2.33.